The van der Waals surface area contributed by atoms with Crippen molar-refractivity contribution in [2.75, 3.05) is 26.2 Å². The molecule has 0 aromatic rings. The second-order valence-corrected chi connectivity index (χ2v) is 7.12. The Labute approximate surface area is 113 Å². The van der Waals surface area contributed by atoms with E-state index in [9.17, 15) is 5.11 Å². The number of nitrogens with zero attached hydrogens (tertiary/aromatic N) is 1. The predicted molar refractivity (Wildman–Crippen MR) is 77.8 cm³/mol. The van der Waals surface area contributed by atoms with Crippen LogP contribution < -0.4 is 5.32 Å². The van der Waals surface area contributed by atoms with Crippen molar-refractivity contribution in [2.45, 2.75) is 59.0 Å². The molecule has 1 aliphatic rings. The van der Waals surface area contributed by atoms with E-state index < -0.39 is 0 Å². The molecule has 108 valence electrons. The second-order valence-electron chi connectivity index (χ2n) is 7.12. The molecule has 0 aromatic carbocycles. The van der Waals surface area contributed by atoms with Crippen LogP contribution >= 0.6 is 0 Å². The van der Waals surface area contributed by atoms with Crippen LogP contribution in [0.5, 0.6) is 0 Å². The summed E-state index contributed by atoms with van der Waals surface area (Å²) in [4.78, 5) is 2.50. The van der Waals surface area contributed by atoms with Gasteiger partial charge in [0, 0.05) is 25.7 Å². The number of hydrogen-bond donors (Lipinski definition) is 2. The van der Waals surface area contributed by atoms with Gasteiger partial charge in [-0.2, -0.15) is 0 Å². The summed E-state index contributed by atoms with van der Waals surface area (Å²) in [5.74, 6) is 1.35. The summed E-state index contributed by atoms with van der Waals surface area (Å²) < 4.78 is 0. The minimum Gasteiger partial charge on any atom is -0.394 e. The fourth-order valence-electron chi connectivity index (χ4n) is 2.59. The van der Waals surface area contributed by atoms with Gasteiger partial charge in [0.25, 0.3) is 0 Å². The first-order chi connectivity index (χ1) is 8.34. The fraction of sp³-hybridized carbons (Fsp3) is 1.00. The molecule has 2 N–H and O–H groups in total. The first kappa shape index (κ1) is 15.9. The Hall–Kier alpha value is -0.120. The lowest BCUT2D eigenvalue weighted by Gasteiger charge is -2.37. The van der Waals surface area contributed by atoms with Gasteiger partial charge in [-0.25, -0.2) is 0 Å². The fourth-order valence-corrected chi connectivity index (χ4v) is 2.59. The number of aliphatic hydroxyl groups excluding tert-OH is 1. The van der Waals surface area contributed by atoms with Crippen LogP contribution in [-0.4, -0.2) is 47.8 Å². The van der Waals surface area contributed by atoms with Gasteiger partial charge in [0.2, 0.25) is 0 Å². The molecule has 1 atom stereocenters. The van der Waals surface area contributed by atoms with Crippen molar-refractivity contribution in [3.05, 3.63) is 0 Å². The molecule has 0 aliphatic heterocycles. The first-order valence-corrected chi connectivity index (χ1v) is 7.45. The molecule has 1 aliphatic carbocycles. The van der Waals surface area contributed by atoms with E-state index in [0.29, 0.717) is 17.9 Å². The molecule has 0 aromatic heterocycles. The van der Waals surface area contributed by atoms with Crippen LogP contribution in [0.3, 0.4) is 0 Å². The summed E-state index contributed by atoms with van der Waals surface area (Å²) in [5.41, 5.74) is -0.148. The van der Waals surface area contributed by atoms with Crippen molar-refractivity contribution in [3.63, 3.8) is 0 Å². The molecule has 18 heavy (non-hydrogen) atoms. The average molecular weight is 256 g/mol. The van der Waals surface area contributed by atoms with Crippen molar-refractivity contribution in [1.82, 2.24) is 10.2 Å². The quantitative estimate of drug-likeness (QED) is 0.663. The van der Waals surface area contributed by atoms with Crippen LogP contribution in [-0.2, 0) is 0 Å². The third-order valence-electron chi connectivity index (χ3n) is 3.30. The van der Waals surface area contributed by atoms with Crippen LogP contribution in [0.4, 0.5) is 0 Å². The highest BCUT2D eigenvalue weighted by Gasteiger charge is 2.33. The zero-order chi connectivity index (χ0) is 13.8. The largest absolute Gasteiger partial charge is 0.394 e. The Kier molecular flexibility index (Phi) is 6.09. The molecule has 1 fully saturated rings. The van der Waals surface area contributed by atoms with Gasteiger partial charge in [0.15, 0.2) is 0 Å². The van der Waals surface area contributed by atoms with Crippen LogP contribution in [0.1, 0.15) is 47.5 Å². The Morgan fingerprint density at radius 1 is 1.17 bits per heavy atom. The zero-order valence-electron chi connectivity index (χ0n) is 12.9. The molecular formula is C15H32N2O. The van der Waals surface area contributed by atoms with Crippen LogP contribution in [0.15, 0.2) is 0 Å². The monoisotopic (exact) mass is 256 g/mol. The summed E-state index contributed by atoms with van der Waals surface area (Å²) in [6.07, 6.45) is 2.54. The van der Waals surface area contributed by atoms with Gasteiger partial charge in [-0.05, 0) is 31.6 Å². The standard InChI is InChI=1S/C15H32N2O/c1-12(2)8-17(9-13(3)4)10-15(5,11-18)16-14-6-7-14/h12-14,16,18H,6-11H2,1-5H3. The molecule has 0 heterocycles. The number of hydrogen-bond acceptors (Lipinski definition) is 3. The minimum atomic E-state index is -0.148. The van der Waals surface area contributed by atoms with E-state index in [1.54, 1.807) is 0 Å². The molecule has 1 unspecified atom stereocenters. The Morgan fingerprint density at radius 3 is 2.00 bits per heavy atom. The van der Waals surface area contributed by atoms with Crippen molar-refractivity contribution >= 4 is 0 Å². The topological polar surface area (TPSA) is 35.5 Å². The number of rotatable bonds is 9. The SMILES string of the molecule is CC(C)CN(CC(C)C)CC(C)(CO)NC1CC1. The van der Waals surface area contributed by atoms with Gasteiger partial charge in [0.05, 0.1) is 12.1 Å². The Morgan fingerprint density at radius 2 is 1.67 bits per heavy atom. The molecule has 0 amide bonds. The lowest BCUT2D eigenvalue weighted by atomic mass is 10.0. The molecule has 1 rings (SSSR count). The number of nitrogens with one attached hydrogen (secondary N) is 1. The summed E-state index contributed by atoms with van der Waals surface area (Å²) in [5, 5.41) is 13.3. The van der Waals surface area contributed by atoms with Gasteiger partial charge >= 0.3 is 0 Å². The third kappa shape index (κ3) is 6.17. The first-order valence-electron chi connectivity index (χ1n) is 7.45. The maximum atomic E-state index is 9.69. The van der Waals surface area contributed by atoms with Crippen molar-refractivity contribution < 1.29 is 5.11 Å². The predicted octanol–water partition coefficient (Wildman–Crippen LogP) is 2.10. The molecule has 0 spiro atoms. The highest BCUT2D eigenvalue weighted by Crippen LogP contribution is 2.23. The average Bonchev–Trinajstić information content (AvgIpc) is 2.99. The van der Waals surface area contributed by atoms with Gasteiger partial charge < -0.3 is 15.3 Å². The Balaban J connectivity index is 2.53. The summed E-state index contributed by atoms with van der Waals surface area (Å²) >= 11 is 0. The van der Waals surface area contributed by atoms with Crippen LogP contribution in [0, 0.1) is 11.8 Å². The van der Waals surface area contributed by atoms with Crippen molar-refractivity contribution in [1.29, 1.82) is 0 Å². The van der Waals surface area contributed by atoms with E-state index in [4.69, 9.17) is 0 Å². The smallest absolute Gasteiger partial charge is 0.0623 e. The third-order valence-corrected chi connectivity index (χ3v) is 3.30. The van der Waals surface area contributed by atoms with E-state index >= 15 is 0 Å². The van der Waals surface area contributed by atoms with E-state index in [2.05, 4.69) is 44.8 Å². The van der Waals surface area contributed by atoms with Gasteiger partial charge in [-0.3, -0.25) is 0 Å². The lowest BCUT2D eigenvalue weighted by Crippen LogP contribution is -2.55. The van der Waals surface area contributed by atoms with Gasteiger partial charge in [-0.15, -0.1) is 0 Å². The maximum absolute atomic E-state index is 9.69. The van der Waals surface area contributed by atoms with Crippen molar-refractivity contribution in [2.24, 2.45) is 11.8 Å². The summed E-state index contributed by atoms with van der Waals surface area (Å²) in [6, 6.07) is 0.641. The lowest BCUT2D eigenvalue weighted by molar-refractivity contribution is 0.104. The molecule has 3 heteroatoms. The molecular weight excluding hydrogens is 224 g/mol. The summed E-state index contributed by atoms with van der Waals surface area (Å²) in [6.45, 7) is 14.6. The summed E-state index contributed by atoms with van der Waals surface area (Å²) in [7, 11) is 0. The van der Waals surface area contributed by atoms with Gasteiger partial charge in [0.1, 0.15) is 0 Å². The van der Waals surface area contributed by atoms with Crippen LogP contribution in [0.25, 0.3) is 0 Å². The van der Waals surface area contributed by atoms with E-state index in [-0.39, 0.29) is 12.1 Å². The maximum Gasteiger partial charge on any atom is 0.0623 e. The number of aliphatic hydroxyl groups is 1. The normalized spacial score (nSPS) is 19.8. The minimum absolute atomic E-state index is 0.148. The zero-order valence-corrected chi connectivity index (χ0v) is 12.9. The van der Waals surface area contributed by atoms with E-state index in [1.165, 1.54) is 12.8 Å². The highest BCUT2D eigenvalue weighted by molar-refractivity contribution is 4.94. The molecule has 1 saturated carbocycles. The highest BCUT2D eigenvalue weighted by atomic mass is 16.3. The van der Waals surface area contributed by atoms with E-state index in [0.717, 1.165) is 19.6 Å². The van der Waals surface area contributed by atoms with E-state index in [1.807, 2.05) is 0 Å². The van der Waals surface area contributed by atoms with Crippen LogP contribution in [0.2, 0.25) is 0 Å². The van der Waals surface area contributed by atoms with Crippen molar-refractivity contribution in [3.8, 4) is 0 Å². The molecule has 0 saturated heterocycles. The Bertz CT molecular complexity index is 229. The van der Waals surface area contributed by atoms with Gasteiger partial charge in [-0.1, -0.05) is 27.7 Å². The molecule has 0 radical (unpaired) electrons. The molecule has 3 nitrogen and oxygen atoms in total. The second kappa shape index (κ2) is 6.88. The molecule has 0 bridgehead atoms.